The van der Waals surface area contributed by atoms with Crippen molar-refractivity contribution < 1.29 is 31.1 Å². The molecule has 1 heterocycles. The highest BCUT2D eigenvalue weighted by molar-refractivity contribution is 7.81. The molecule has 3 rings (SSSR count). The molecule has 0 radical (unpaired) electrons. The lowest BCUT2D eigenvalue weighted by molar-refractivity contribution is 0.0494. The number of carbonyl (C=O) groups is 1. The Balaban J connectivity index is 1.28. The first-order valence-electron chi connectivity index (χ1n) is 12.0. The van der Waals surface area contributed by atoms with Crippen molar-refractivity contribution in [3.05, 3.63) is 71.8 Å². The van der Waals surface area contributed by atoms with Crippen molar-refractivity contribution in [3.63, 3.8) is 0 Å². The van der Waals surface area contributed by atoms with Crippen molar-refractivity contribution in [2.24, 2.45) is 0 Å². The second-order valence-corrected chi connectivity index (χ2v) is 9.66. The van der Waals surface area contributed by atoms with Gasteiger partial charge in [0.05, 0.1) is 31.0 Å². The van der Waals surface area contributed by atoms with Gasteiger partial charge in [0.1, 0.15) is 0 Å². The standard InChI is InChI=1S/C26H34O7S/c27-26(23-13-5-2-6-14-23)31-20-10-8-16-25-18-17-24(32-34(28,29)33-25)15-7-9-19-30-21-22-11-3-1-4-12-22/h1-6,11-14,24-25H,7-10,15-21H2/t24-,25-/m1/s1. The zero-order valence-corrected chi connectivity index (χ0v) is 20.3. The molecule has 7 nitrogen and oxygen atoms in total. The van der Waals surface area contributed by atoms with E-state index in [0.29, 0.717) is 63.9 Å². The molecule has 2 atom stereocenters. The average molecular weight is 491 g/mol. The fraction of sp³-hybridized carbons (Fsp3) is 0.500. The molecule has 1 fully saturated rings. The Labute approximate surface area is 202 Å². The third-order valence-electron chi connectivity index (χ3n) is 5.66. The van der Waals surface area contributed by atoms with Crippen LogP contribution in [0.25, 0.3) is 0 Å². The van der Waals surface area contributed by atoms with Crippen LogP contribution in [0.5, 0.6) is 0 Å². The van der Waals surface area contributed by atoms with Gasteiger partial charge >= 0.3 is 16.4 Å². The second-order valence-electron chi connectivity index (χ2n) is 8.45. The van der Waals surface area contributed by atoms with Crippen molar-refractivity contribution in [1.82, 2.24) is 0 Å². The Hall–Kier alpha value is -2.26. The summed E-state index contributed by atoms with van der Waals surface area (Å²) in [6.07, 6.45) is 4.73. The Morgan fingerprint density at radius 3 is 1.97 bits per heavy atom. The fourth-order valence-corrected chi connectivity index (χ4v) is 4.94. The zero-order chi connectivity index (χ0) is 24.1. The summed E-state index contributed by atoms with van der Waals surface area (Å²) < 4.78 is 45.8. The smallest absolute Gasteiger partial charge is 0.400 e. The lowest BCUT2D eigenvalue weighted by Gasteiger charge is -2.12. The first kappa shape index (κ1) is 26.3. The molecule has 186 valence electrons. The summed E-state index contributed by atoms with van der Waals surface area (Å²) in [5.41, 5.74) is 1.66. The van der Waals surface area contributed by atoms with Gasteiger partial charge in [0, 0.05) is 6.61 Å². The molecule has 2 aromatic carbocycles. The van der Waals surface area contributed by atoms with Crippen LogP contribution in [0, 0.1) is 0 Å². The highest BCUT2D eigenvalue weighted by Gasteiger charge is 2.29. The Bertz CT molecular complexity index is 948. The van der Waals surface area contributed by atoms with Gasteiger partial charge in [-0.05, 0) is 69.1 Å². The molecule has 34 heavy (non-hydrogen) atoms. The van der Waals surface area contributed by atoms with Gasteiger partial charge in [0.2, 0.25) is 0 Å². The summed E-state index contributed by atoms with van der Waals surface area (Å²) >= 11 is 0. The minimum Gasteiger partial charge on any atom is -0.462 e. The first-order chi connectivity index (χ1) is 16.5. The van der Waals surface area contributed by atoms with Gasteiger partial charge in [-0.2, -0.15) is 8.42 Å². The average Bonchev–Trinajstić information content (AvgIpc) is 2.99. The molecule has 0 aliphatic carbocycles. The summed E-state index contributed by atoms with van der Waals surface area (Å²) in [4.78, 5) is 11.9. The van der Waals surface area contributed by atoms with E-state index in [9.17, 15) is 13.2 Å². The molecule has 0 aromatic heterocycles. The van der Waals surface area contributed by atoms with Crippen LogP contribution in [0.3, 0.4) is 0 Å². The van der Waals surface area contributed by atoms with Crippen molar-refractivity contribution >= 4 is 16.4 Å². The molecular formula is C26H34O7S. The van der Waals surface area contributed by atoms with Gasteiger partial charge in [-0.25, -0.2) is 13.2 Å². The number of benzene rings is 2. The maximum Gasteiger partial charge on any atom is 0.400 e. The number of hydrogen-bond acceptors (Lipinski definition) is 7. The lowest BCUT2D eigenvalue weighted by atomic mass is 10.0. The fourth-order valence-electron chi connectivity index (χ4n) is 3.85. The van der Waals surface area contributed by atoms with E-state index in [4.69, 9.17) is 17.8 Å². The van der Waals surface area contributed by atoms with Crippen molar-refractivity contribution in [2.75, 3.05) is 13.2 Å². The third-order valence-corrected chi connectivity index (χ3v) is 6.67. The van der Waals surface area contributed by atoms with E-state index >= 15 is 0 Å². The van der Waals surface area contributed by atoms with Crippen LogP contribution in [-0.2, 0) is 34.8 Å². The molecule has 0 unspecified atom stereocenters. The zero-order valence-electron chi connectivity index (χ0n) is 19.5. The maximum atomic E-state index is 12.2. The molecular weight excluding hydrogens is 456 g/mol. The monoisotopic (exact) mass is 490 g/mol. The van der Waals surface area contributed by atoms with Gasteiger partial charge in [0.25, 0.3) is 0 Å². The van der Waals surface area contributed by atoms with Gasteiger partial charge in [0.15, 0.2) is 0 Å². The molecule has 0 saturated carbocycles. The summed E-state index contributed by atoms with van der Waals surface area (Å²) in [7, 11) is -4.01. The normalized spacial score (nSPS) is 19.9. The van der Waals surface area contributed by atoms with Crippen LogP contribution in [-0.4, -0.2) is 39.8 Å². The van der Waals surface area contributed by atoms with Crippen LogP contribution >= 0.6 is 0 Å². The van der Waals surface area contributed by atoms with E-state index in [-0.39, 0.29) is 12.1 Å². The summed E-state index contributed by atoms with van der Waals surface area (Å²) in [5, 5.41) is 0. The first-order valence-corrected chi connectivity index (χ1v) is 13.3. The molecule has 0 bridgehead atoms. The predicted molar refractivity (Wildman–Crippen MR) is 128 cm³/mol. The predicted octanol–water partition coefficient (Wildman–Crippen LogP) is 5.21. The van der Waals surface area contributed by atoms with Gasteiger partial charge in [-0.1, -0.05) is 48.5 Å². The minimum atomic E-state index is -4.01. The van der Waals surface area contributed by atoms with E-state index in [1.165, 1.54) is 0 Å². The second kappa shape index (κ2) is 14.2. The molecule has 0 amide bonds. The largest absolute Gasteiger partial charge is 0.462 e. The van der Waals surface area contributed by atoms with Crippen molar-refractivity contribution in [2.45, 2.75) is 70.2 Å². The molecule has 1 aliphatic rings. The molecule has 2 aromatic rings. The van der Waals surface area contributed by atoms with Crippen LogP contribution in [0.1, 0.15) is 67.3 Å². The molecule has 1 aliphatic heterocycles. The van der Waals surface area contributed by atoms with Crippen molar-refractivity contribution in [3.8, 4) is 0 Å². The highest BCUT2D eigenvalue weighted by atomic mass is 32.3. The van der Waals surface area contributed by atoms with E-state index in [1.807, 2.05) is 36.4 Å². The van der Waals surface area contributed by atoms with E-state index < -0.39 is 16.5 Å². The number of ether oxygens (including phenoxy) is 2. The van der Waals surface area contributed by atoms with Crippen LogP contribution in [0.15, 0.2) is 60.7 Å². The SMILES string of the molecule is O=C(OCCCC[C@@H]1CC[C@@H](CCCCOCc2ccccc2)OS(=O)(=O)O1)c1ccccc1. The third kappa shape index (κ3) is 9.93. The Kier molecular flexibility index (Phi) is 11.0. The van der Waals surface area contributed by atoms with Gasteiger partial charge < -0.3 is 9.47 Å². The molecule has 0 N–H and O–H groups in total. The van der Waals surface area contributed by atoms with E-state index in [1.54, 1.807) is 24.3 Å². The van der Waals surface area contributed by atoms with Crippen LogP contribution < -0.4 is 0 Å². The number of esters is 1. The minimum absolute atomic E-state index is 0.290. The summed E-state index contributed by atoms with van der Waals surface area (Å²) in [5.74, 6) is -0.351. The molecule has 1 saturated heterocycles. The van der Waals surface area contributed by atoms with Gasteiger partial charge in [-0.3, -0.25) is 0 Å². The van der Waals surface area contributed by atoms with Crippen LogP contribution in [0.2, 0.25) is 0 Å². The quantitative estimate of drug-likeness (QED) is 0.281. The number of hydrogen-bond donors (Lipinski definition) is 0. The molecule has 8 heteroatoms. The highest BCUT2D eigenvalue weighted by Crippen LogP contribution is 2.25. The van der Waals surface area contributed by atoms with Crippen molar-refractivity contribution in [1.29, 1.82) is 0 Å². The van der Waals surface area contributed by atoms with E-state index in [0.717, 1.165) is 18.4 Å². The number of rotatable bonds is 13. The number of carbonyl (C=O) groups excluding carboxylic acids is 1. The maximum absolute atomic E-state index is 12.2. The summed E-state index contributed by atoms with van der Waals surface area (Å²) in [6.45, 7) is 1.50. The summed E-state index contributed by atoms with van der Waals surface area (Å²) in [6, 6.07) is 18.8. The Morgan fingerprint density at radius 2 is 1.35 bits per heavy atom. The lowest BCUT2D eigenvalue weighted by Crippen LogP contribution is -2.19. The topological polar surface area (TPSA) is 88.1 Å². The Morgan fingerprint density at radius 1 is 0.794 bits per heavy atom. The van der Waals surface area contributed by atoms with E-state index in [2.05, 4.69) is 0 Å². The molecule has 0 spiro atoms. The van der Waals surface area contributed by atoms with Gasteiger partial charge in [-0.15, -0.1) is 0 Å². The number of unbranched alkanes of at least 4 members (excludes halogenated alkanes) is 2. The van der Waals surface area contributed by atoms with Crippen LogP contribution in [0.4, 0.5) is 0 Å².